The zero-order valence-electron chi connectivity index (χ0n) is 13.9. The van der Waals surface area contributed by atoms with Crippen molar-refractivity contribution >= 4 is 45.8 Å². The first-order chi connectivity index (χ1) is 11.5. The molecule has 1 amide bonds. The lowest BCUT2D eigenvalue weighted by Gasteiger charge is -2.10. The number of nitrogens with zero attached hydrogens (tertiary/aromatic N) is 2. The van der Waals surface area contributed by atoms with Crippen molar-refractivity contribution < 1.29 is 9.72 Å². The number of aromatic amines is 1. The Kier molecular flexibility index (Phi) is 5.61. The summed E-state index contributed by atoms with van der Waals surface area (Å²) in [6, 6.07) is 10.0. The third kappa shape index (κ3) is 3.72. The average Bonchev–Trinajstić information content (AvgIpc) is 2.91. The molecular formula is C17H19ClN4O3. The summed E-state index contributed by atoms with van der Waals surface area (Å²) >= 11 is 0. The monoisotopic (exact) mass is 362 g/mol. The van der Waals surface area contributed by atoms with Crippen LogP contribution in [-0.4, -0.2) is 47.9 Å². The number of H-pyrrole nitrogens is 1. The highest BCUT2D eigenvalue weighted by molar-refractivity contribution is 6.15. The number of amides is 1. The predicted octanol–water partition coefficient (Wildman–Crippen LogP) is 2.94. The number of carbonyl (C=O) groups is 1. The van der Waals surface area contributed by atoms with Gasteiger partial charge in [0.25, 0.3) is 11.6 Å². The van der Waals surface area contributed by atoms with Gasteiger partial charge in [0.1, 0.15) is 0 Å². The number of halogens is 1. The summed E-state index contributed by atoms with van der Waals surface area (Å²) < 4.78 is 0. The predicted molar refractivity (Wildman–Crippen MR) is 101 cm³/mol. The Morgan fingerprint density at radius 3 is 2.68 bits per heavy atom. The van der Waals surface area contributed by atoms with Crippen LogP contribution in [0.25, 0.3) is 21.8 Å². The van der Waals surface area contributed by atoms with Crippen molar-refractivity contribution in [3.05, 3.63) is 52.1 Å². The van der Waals surface area contributed by atoms with E-state index in [1.807, 2.05) is 25.1 Å². The number of benzene rings is 2. The Hall–Kier alpha value is -2.64. The van der Waals surface area contributed by atoms with Gasteiger partial charge >= 0.3 is 0 Å². The van der Waals surface area contributed by atoms with E-state index >= 15 is 0 Å². The SMILES string of the molecule is CN(C)CCNC(=O)c1cccc2c1[nH]c1ccc([N+](=O)[O-])cc12.Cl. The van der Waals surface area contributed by atoms with Gasteiger partial charge in [0, 0.05) is 41.5 Å². The molecule has 8 heteroatoms. The van der Waals surface area contributed by atoms with Gasteiger partial charge in [-0.3, -0.25) is 14.9 Å². The molecule has 1 heterocycles. The van der Waals surface area contributed by atoms with Crippen LogP contribution in [0.2, 0.25) is 0 Å². The van der Waals surface area contributed by atoms with Crippen LogP contribution in [-0.2, 0) is 0 Å². The fourth-order valence-corrected chi connectivity index (χ4v) is 2.70. The molecule has 0 spiro atoms. The second kappa shape index (κ2) is 7.50. The van der Waals surface area contributed by atoms with Crippen LogP contribution in [0.15, 0.2) is 36.4 Å². The Morgan fingerprint density at radius 1 is 1.24 bits per heavy atom. The van der Waals surface area contributed by atoms with Gasteiger partial charge in [-0.25, -0.2) is 0 Å². The Labute approximate surface area is 150 Å². The summed E-state index contributed by atoms with van der Waals surface area (Å²) in [6.45, 7) is 1.30. The lowest BCUT2D eigenvalue weighted by Crippen LogP contribution is -2.31. The summed E-state index contributed by atoms with van der Waals surface area (Å²) in [7, 11) is 3.88. The van der Waals surface area contributed by atoms with Gasteiger partial charge in [0.2, 0.25) is 0 Å². The Balaban J connectivity index is 0.00000225. The normalized spacial score (nSPS) is 10.8. The standard InChI is InChI=1S/C17H18N4O3.ClH/c1-20(2)9-8-18-17(22)13-5-3-4-12-14-10-11(21(23)24)6-7-15(14)19-16(12)13;/h3-7,10,19H,8-9H2,1-2H3,(H,18,22);1H. The van der Waals surface area contributed by atoms with E-state index in [-0.39, 0.29) is 24.0 Å². The maximum absolute atomic E-state index is 12.4. The van der Waals surface area contributed by atoms with Crippen molar-refractivity contribution in [1.29, 1.82) is 0 Å². The lowest BCUT2D eigenvalue weighted by atomic mass is 10.1. The van der Waals surface area contributed by atoms with Gasteiger partial charge < -0.3 is 15.2 Å². The van der Waals surface area contributed by atoms with Crippen molar-refractivity contribution in [3.63, 3.8) is 0 Å². The van der Waals surface area contributed by atoms with Gasteiger partial charge in [-0.2, -0.15) is 0 Å². The second-order valence-corrected chi connectivity index (χ2v) is 5.90. The highest BCUT2D eigenvalue weighted by atomic mass is 35.5. The summed E-state index contributed by atoms with van der Waals surface area (Å²) in [5.41, 5.74) is 2.02. The molecule has 2 aromatic carbocycles. The van der Waals surface area contributed by atoms with Crippen LogP contribution >= 0.6 is 12.4 Å². The third-order valence-corrected chi connectivity index (χ3v) is 3.92. The molecule has 2 N–H and O–H groups in total. The topological polar surface area (TPSA) is 91.3 Å². The third-order valence-electron chi connectivity index (χ3n) is 3.92. The summed E-state index contributed by atoms with van der Waals surface area (Å²) in [5.74, 6) is -0.163. The highest BCUT2D eigenvalue weighted by Crippen LogP contribution is 2.30. The minimum absolute atomic E-state index is 0. The van der Waals surface area contributed by atoms with Gasteiger partial charge in [-0.1, -0.05) is 12.1 Å². The fourth-order valence-electron chi connectivity index (χ4n) is 2.70. The molecule has 0 fully saturated rings. The van der Waals surface area contributed by atoms with Crippen LogP contribution in [0.5, 0.6) is 0 Å². The van der Waals surface area contributed by atoms with Crippen LogP contribution < -0.4 is 5.32 Å². The van der Waals surface area contributed by atoms with E-state index in [1.54, 1.807) is 18.2 Å². The minimum atomic E-state index is -0.421. The smallest absolute Gasteiger partial charge is 0.270 e. The molecule has 7 nitrogen and oxygen atoms in total. The summed E-state index contributed by atoms with van der Waals surface area (Å²) in [6.07, 6.45) is 0. The van der Waals surface area contributed by atoms with Crippen LogP contribution in [0.1, 0.15) is 10.4 Å². The number of nitrogens with one attached hydrogen (secondary N) is 2. The molecule has 0 aliphatic rings. The van der Waals surface area contributed by atoms with E-state index in [0.717, 1.165) is 22.8 Å². The molecule has 1 aromatic heterocycles. The van der Waals surface area contributed by atoms with Crippen LogP contribution in [0.3, 0.4) is 0 Å². The molecule has 0 aliphatic carbocycles. The summed E-state index contributed by atoms with van der Waals surface area (Å²) in [4.78, 5) is 28.2. The van der Waals surface area contributed by atoms with E-state index in [9.17, 15) is 14.9 Å². The van der Waals surface area contributed by atoms with E-state index < -0.39 is 4.92 Å². The fraction of sp³-hybridized carbons (Fsp3) is 0.235. The maximum atomic E-state index is 12.4. The molecule has 3 rings (SSSR count). The van der Waals surface area contributed by atoms with E-state index in [0.29, 0.717) is 17.6 Å². The minimum Gasteiger partial charge on any atom is -0.354 e. The van der Waals surface area contributed by atoms with Crippen molar-refractivity contribution in [2.75, 3.05) is 27.2 Å². The molecule has 0 atom stereocenters. The molecule has 0 radical (unpaired) electrons. The number of hydrogen-bond donors (Lipinski definition) is 2. The molecule has 0 saturated carbocycles. The number of nitro groups is 1. The zero-order chi connectivity index (χ0) is 17.3. The van der Waals surface area contributed by atoms with Crippen molar-refractivity contribution in [1.82, 2.24) is 15.2 Å². The zero-order valence-corrected chi connectivity index (χ0v) is 14.7. The van der Waals surface area contributed by atoms with Crippen molar-refractivity contribution in [2.45, 2.75) is 0 Å². The largest absolute Gasteiger partial charge is 0.354 e. The van der Waals surface area contributed by atoms with Crippen LogP contribution in [0.4, 0.5) is 5.69 Å². The molecule has 3 aromatic rings. The number of hydrogen-bond acceptors (Lipinski definition) is 4. The molecule has 25 heavy (non-hydrogen) atoms. The molecule has 0 aliphatic heterocycles. The summed E-state index contributed by atoms with van der Waals surface area (Å²) in [5, 5.41) is 15.4. The van der Waals surface area contributed by atoms with E-state index in [2.05, 4.69) is 10.3 Å². The number of carbonyl (C=O) groups excluding carboxylic acids is 1. The van der Waals surface area contributed by atoms with Crippen LogP contribution in [0, 0.1) is 10.1 Å². The number of para-hydroxylation sites is 1. The number of nitro benzene ring substituents is 1. The van der Waals surface area contributed by atoms with Gasteiger partial charge in [-0.15, -0.1) is 12.4 Å². The lowest BCUT2D eigenvalue weighted by molar-refractivity contribution is -0.384. The maximum Gasteiger partial charge on any atom is 0.270 e. The number of rotatable bonds is 5. The number of likely N-dealkylation sites (N-methyl/N-ethyl adjacent to an activating group) is 1. The molecule has 0 saturated heterocycles. The molecule has 0 bridgehead atoms. The van der Waals surface area contributed by atoms with Gasteiger partial charge in [0.15, 0.2) is 0 Å². The molecular weight excluding hydrogens is 344 g/mol. The van der Waals surface area contributed by atoms with Crippen molar-refractivity contribution in [2.24, 2.45) is 0 Å². The van der Waals surface area contributed by atoms with E-state index in [1.165, 1.54) is 12.1 Å². The van der Waals surface area contributed by atoms with Crippen molar-refractivity contribution in [3.8, 4) is 0 Å². The first-order valence-electron chi connectivity index (χ1n) is 7.59. The number of non-ortho nitro benzene ring substituents is 1. The first kappa shape index (κ1) is 18.7. The molecule has 0 unspecified atom stereocenters. The van der Waals surface area contributed by atoms with Gasteiger partial charge in [-0.05, 0) is 26.2 Å². The number of fused-ring (bicyclic) bond motifs is 3. The Morgan fingerprint density at radius 2 is 2.00 bits per heavy atom. The highest BCUT2D eigenvalue weighted by Gasteiger charge is 2.15. The average molecular weight is 363 g/mol. The number of aromatic nitrogens is 1. The second-order valence-electron chi connectivity index (χ2n) is 5.90. The first-order valence-corrected chi connectivity index (χ1v) is 7.59. The van der Waals surface area contributed by atoms with Gasteiger partial charge in [0.05, 0.1) is 16.0 Å². The quantitative estimate of drug-likeness (QED) is 0.539. The van der Waals surface area contributed by atoms with E-state index in [4.69, 9.17) is 0 Å². The Bertz CT molecular complexity index is 936. The molecule has 132 valence electrons.